The summed E-state index contributed by atoms with van der Waals surface area (Å²) in [4.78, 5) is 11.0. The number of benzene rings is 2. The minimum Gasteiger partial charge on any atom is -0.481 e. The third-order valence-corrected chi connectivity index (χ3v) is 2.82. The third kappa shape index (κ3) is 3.39. The Morgan fingerprint density at radius 1 is 1.15 bits per heavy atom. The summed E-state index contributed by atoms with van der Waals surface area (Å²) < 4.78 is 5.51. The van der Waals surface area contributed by atoms with Crippen molar-refractivity contribution in [3.05, 3.63) is 65.2 Å². The lowest BCUT2D eigenvalue weighted by Gasteiger charge is -2.08. The number of carbonyl (C=O) groups is 1. The van der Waals surface area contributed by atoms with Gasteiger partial charge in [-0.05, 0) is 31.2 Å². The van der Waals surface area contributed by atoms with Crippen LogP contribution in [0.5, 0.6) is 5.75 Å². The predicted molar refractivity (Wildman–Crippen MR) is 77.0 cm³/mol. The Labute approximate surface area is 117 Å². The molecular formula is C17H14O3. The van der Waals surface area contributed by atoms with E-state index < -0.39 is 5.97 Å². The Hall–Kier alpha value is -2.73. The van der Waals surface area contributed by atoms with Crippen molar-refractivity contribution in [1.29, 1.82) is 0 Å². The molecular weight excluding hydrogens is 252 g/mol. The molecule has 1 N–H and O–H groups in total. The number of hydrogen-bond acceptors (Lipinski definition) is 2. The lowest BCUT2D eigenvalue weighted by atomic mass is 10.1. The van der Waals surface area contributed by atoms with E-state index in [0.717, 1.165) is 5.56 Å². The van der Waals surface area contributed by atoms with Crippen molar-refractivity contribution in [1.82, 2.24) is 0 Å². The van der Waals surface area contributed by atoms with Gasteiger partial charge in [0, 0.05) is 11.1 Å². The maximum Gasteiger partial charge on any atom is 0.336 e. The number of rotatable bonds is 3. The minimum absolute atomic E-state index is 0.221. The molecule has 0 aliphatic heterocycles. The van der Waals surface area contributed by atoms with Crippen molar-refractivity contribution >= 4 is 5.97 Å². The maximum atomic E-state index is 11.0. The van der Waals surface area contributed by atoms with Gasteiger partial charge < -0.3 is 9.84 Å². The van der Waals surface area contributed by atoms with E-state index in [1.54, 1.807) is 25.1 Å². The Morgan fingerprint density at radius 2 is 1.90 bits per heavy atom. The molecule has 0 atom stereocenters. The van der Waals surface area contributed by atoms with Gasteiger partial charge in [-0.15, -0.1) is 0 Å². The summed E-state index contributed by atoms with van der Waals surface area (Å²) in [5.41, 5.74) is 1.78. The summed E-state index contributed by atoms with van der Waals surface area (Å²) in [7, 11) is 0. The normalized spacial score (nSPS) is 9.45. The van der Waals surface area contributed by atoms with Crippen LogP contribution >= 0.6 is 0 Å². The summed E-state index contributed by atoms with van der Waals surface area (Å²) in [6.45, 7) is 1.95. The molecule has 0 radical (unpaired) electrons. The SMILES string of the molecule is Cc1c(OCC#Cc2ccccc2)cccc1C(=O)O. The first-order valence-electron chi connectivity index (χ1n) is 6.18. The van der Waals surface area contributed by atoms with E-state index in [1.807, 2.05) is 30.3 Å². The van der Waals surface area contributed by atoms with Gasteiger partial charge in [0.1, 0.15) is 12.4 Å². The Balaban J connectivity index is 2.04. The van der Waals surface area contributed by atoms with E-state index in [2.05, 4.69) is 11.8 Å². The number of hydrogen-bond donors (Lipinski definition) is 1. The lowest BCUT2D eigenvalue weighted by molar-refractivity contribution is 0.0695. The van der Waals surface area contributed by atoms with Crippen LogP contribution in [0.15, 0.2) is 48.5 Å². The molecule has 0 saturated carbocycles. The first kappa shape index (κ1) is 13.7. The highest BCUT2D eigenvalue weighted by Gasteiger charge is 2.10. The highest BCUT2D eigenvalue weighted by molar-refractivity contribution is 5.90. The average Bonchev–Trinajstić information content (AvgIpc) is 2.46. The Kier molecular flexibility index (Phi) is 4.41. The summed E-state index contributed by atoms with van der Waals surface area (Å²) in [6.07, 6.45) is 0. The highest BCUT2D eigenvalue weighted by Crippen LogP contribution is 2.21. The lowest BCUT2D eigenvalue weighted by Crippen LogP contribution is -2.03. The summed E-state index contributed by atoms with van der Waals surface area (Å²) in [6, 6.07) is 14.6. The fourth-order valence-electron chi connectivity index (χ4n) is 1.78. The van der Waals surface area contributed by atoms with Gasteiger partial charge in [-0.2, -0.15) is 0 Å². The van der Waals surface area contributed by atoms with Crippen LogP contribution in [0.1, 0.15) is 21.5 Å². The number of ether oxygens (including phenoxy) is 1. The molecule has 0 bridgehead atoms. The molecule has 2 rings (SSSR count). The molecule has 0 aromatic heterocycles. The van der Waals surface area contributed by atoms with E-state index in [9.17, 15) is 4.79 Å². The Bertz CT molecular complexity index is 664. The molecule has 0 heterocycles. The predicted octanol–water partition coefficient (Wildman–Crippen LogP) is 3.12. The van der Waals surface area contributed by atoms with Gasteiger partial charge in [0.2, 0.25) is 0 Å². The molecule has 100 valence electrons. The van der Waals surface area contributed by atoms with E-state index in [-0.39, 0.29) is 12.2 Å². The first-order valence-corrected chi connectivity index (χ1v) is 6.18. The van der Waals surface area contributed by atoms with Crippen molar-refractivity contribution in [2.24, 2.45) is 0 Å². The van der Waals surface area contributed by atoms with Gasteiger partial charge in [0.25, 0.3) is 0 Å². The van der Waals surface area contributed by atoms with E-state index in [0.29, 0.717) is 11.3 Å². The van der Waals surface area contributed by atoms with E-state index in [1.165, 1.54) is 0 Å². The zero-order chi connectivity index (χ0) is 14.4. The zero-order valence-electron chi connectivity index (χ0n) is 11.1. The Morgan fingerprint density at radius 3 is 2.60 bits per heavy atom. The van der Waals surface area contributed by atoms with Gasteiger partial charge in [-0.1, -0.05) is 36.1 Å². The second-order valence-electron chi connectivity index (χ2n) is 4.19. The maximum absolute atomic E-state index is 11.0. The summed E-state index contributed by atoms with van der Waals surface area (Å²) in [5, 5.41) is 9.03. The van der Waals surface area contributed by atoms with Gasteiger partial charge in [-0.3, -0.25) is 0 Å². The fraction of sp³-hybridized carbons (Fsp3) is 0.118. The van der Waals surface area contributed by atoms with Crippen LogP contribution in [0, 0.1) is 18.8 Å². The zero-order valence-corrected chi connectivity index (χ0v) is 11.1. The molecule has 20 heavy (non-hydrogen) atoms. The summed E-state index contributed by atoms with van der Waals surface area (Å²) >= 11 is 0. The molecule has 0 unspecified atom stereocenters. The van der Waals surface area contributed by atoms with Crippen molar-refractivity contribution in [2.75, 3.05) is 6.61 Å². The van der Waals surface area contributed by atoms with Crippen LogP contribution in [0.4, 0.5) is 0 Å². The van der Waals surface area contributed by atoms with Crippen LogP contribution < -0.4 is 4.74 Å². The van der Waals surface area contributed by atoms with Crippen LogP contribution in [0.2, 0.25) is 0 Å². The van der Waals surface area contributed by atoms with Crippen molar-refractivity contribution in [2.45, 2.75) is 6.92 Å². The molecule has 0 aliphatic carbocycles. The van der Waals surface area contributed by atoms with Crippen molar-refractivity contribution in [3.8, 4) is 17.6 Å². The van der Waals surface area contributed by atoms with Gasteiger partial charge >= 0.3 is 5.97 Å². The average molecular weight is 266 g/mol. The second kappa shape index (κ2) is 6.44. The minimum atomic E-state index is -0.955. The number of aromatic carboxylic acids is 1. The molecule has 3 heteroatoms. The molecule has 0 spiro atoms. The van der Waals surface area contributed by atoms with Crippen LogP contribution in [0.3, 0.4) is 0 Å². The smallest absolute Gasteiger partial charge is 0.336 e. The largest absolute Gasteiger partial charge is 0.481 e. The van der Waals surface area contributed by atoms with E-state index in [4.69, 9.17) is 9.84 Å². The van der Waals surface area contributed by atoms with Crippen LogP contribution in [-0.2, 0) is 0 Å². The van der Waals surface area contributed by atoms with Crippen LogP contribution in [-0.4, -0.2) is 17.7 Å². The first-order chi connectivity index (χ1) is 9.68. The molecule has 0 saturated heterocycles. The highest BCUT2D eigenvalue weighted by atomic mass is 16.5. The molecule has 2 aromatic carbocycles. The standard InChI is InChI=1S/C17H14O3/c1-13-15(17(18)19)10-5-11-16(13)20-12-6-9-14-7-3-2-4-8-14/h2-5,7-8,10-11H,12H2,1H3,(H,18,19). The molecule has 3 nitrogen and oxygen atoms in total. The topological polar surface area (TPSA) is 46.5 Å². The number of carboxylic acid groups (broad SMARTS) is 1. The quantitative estimate of drug-likeness (QED) is 0.868. The summed E-state index contributed by atoms with van der Waals surface area (Å²) in [5.74, 6) is 5.48. The van der Waals surface area contributed by atoms with Gasteiger partial charge in [-0.25, -0.2) is 4.79 Å². The van der Waals surface area contributed by atoms with Crippen molar-refractivity contribution < 1.29 is 14.6 Å². The monoisotopic (exact) mass is 266 g/mol. The molecule has 0 aliphatic rings. The molecule has 0 amide bonds. The number of carboxylic acids is 1. The van der Waals surface area contributed by atoms with Gasteiger partial charge in [0.15, 0.2) is 0 Å². The fourth-order valence-corrected chi connectivity index (χ4v) is 1.78. The molecule has 0 fully saturated rings. The van der Waals surface area contributed by atoms with E-state index >= 15 is 0 Å². The van der Waals surface area contributed by atoms with Crippen LogP contribution in [0.25, 0.3) is 0 Å². The molecule has 2 aromatic rings. The van der Waals surface area contributed by atoms with Crippen molar-refractivity contribution in [3.63, 3.8) is 0 Å². The second-order valence-corrected chi connectivity index (χ2v) is 4.19. The van der Waals surface area contributed by atoms with Gasteiger partial charge in [0.05, 0.1) is 5.56 Å². The third-order valence-electron chi connectivity index (χ3n) is 2.82.